The molecule has 2 aromatic carbocycles. The van der Waals surface area contributed by atoms with Crippen molar-refractivity contribution in [1.82, 2.24) is 5.16 Å². The quantitative estimate of drug-likeness (QED) is 0.746. The van der Waals surface area contributed by atoms with Gasteiger partial charge in [-0.05, 0) is 37.1 Å². The average Bonchev–Trinajstić information content (AvgIpc) is 3.38. The zero-order chi connectivity index (χ0) is 18.9. The smallest absolute Gasteiger partial charge is 0.236 e. The topological polar surface area (TPSA) is 88.1 Å². The number of carbonyl (C=O) groups excluding carboxylic acids is 1. The second kappa shape index (κ2) is 6.61. The predicted octanol–water partition coefficient (Wildman–Crippen LogP) is 3.89. The third kappa shape index (κ3) is 3.04. The summed E-state index contributed by atoms with van der Waals surface area (Å²) in [5, 5.41) is 16.2. The number of ether oxygens (including phenoxy) is 1. The van der Waals surface area contributed by atoms with Crippen LogP contribution in [-0.2, 0) is 10.2 Å². The van der Waals surface area contributed by atoms with Gasteiger partial charge in [-0.3, -0.25) is 4.79 Å². The molecular formula is C21H17N3O3. The van der Waals surface area contributed by atoms with Crippen molar-refractivity contribution >= 4 is 11.6 Å². The third-order valence-electron chi connectivity index (χ3n) is 4.84. The maximum atomic E-state index is 12.9. The van der Waals surface area contributed by atoms with E-state index in [0.717, 1.165) is 11.3 Å². The van der Waals surface area contributed by atoms with Gasteiger partial charge >= 0.3 is 0 Å². The van der Waals surface area contributed by atoms with E-state index in [2.05, 4.69) is 16.5 Å². The molecule has 0 unspecified atom stereocenters. The van der Waals surface area contributed by atoms with Crippen LogP contribution in [0, 0.1) is 11.3 Å². The molecule has 1 aliphatic rings. The van der Waals surface area contributed by atoms with E-state index in [1.165, 1.54) is 0 Å². The molecule has 27 heavy (non-hydrogen) atoms. The predicted molar refractivity (Wildman–Crippen MR) is 99.2 cm³/mol. The Morgan fingerprint density at radius 2 is 2.04 bits per heavy atom. The van der Waals surface area contributed by atoms with E-state index in [1.54, 1.807) is 37.4 Å². The van der Waals surface area contributed by atoms with Crippen LogP contribution in [0.4, 0.5) is 5.69 Å². The lowest BCUT2D eigenvalue weighted by Crippen LogP contribution is -2.28. The Hall–Kier alpha value is -3.59. The van der Waals surface area contributed by atoms with Crippen molar-refractivity contribution in [1.29, 1.82) is 5.26 Å². The van der Waals surface area contributed by atoms with Gasteiger partial charge in [0.25, 0.3) is 0 Å². The number of hydrogen-bond acceptors (Lipinski definition) is 5. The maximum Gasteiger partial charge on any atom is 0.236 e. The summed E-state index contributed by atoms with van der Waals surface area (Å²) in [5.41, 5.74) is 1.67. The fourth-order valence-corrected chi connectivity index (χ4v) is 3.07. The largest absolute Gasteiger partial charge is 0.497 e. The normalized spacial score (nSPS) is 14.2. The molecule has 1 fully saturated rings. The summed E-state index contributed by atoms with van der Waals surface area (Å²) < 4.78 is 10.7. The van der Waals surface area contributed by atoms with E-state index in [0.29, 0.717) is 35.5 Å². The SMILES string of the molecule is COc1cccc(-c2cc(C3(C(=O)Nc4ccccc4C#N)CC3)no2)c1. The Labute approximate surface area is 156 Å². The van der Waals surface area contributed by atoms with Gasteiger partial charge in [0.05, 0.1) is 29.5 Å². The van der Waals surface area contributed by atoms with E-state index in [1.807, 2.05) is 24.3 Å². The number of benzene rings is 2. The number of rotatable bonds is 5. The molecule has 1 saturated carbocycles. The lowest BCUT2D eigenvalue weighted by Gasteiger charge is -2.13. The van der Waals surface area contributed by atoms with Gasteiger partial charge in [0.1, 0.15) is 11.8 Å². The average molecular weight is 359 g/mol. The van der Waals surface area contributed by atoms with Crippen LogP contribution in [0.3, 0.4) is 0 Å². The highest BCUT2D eigenvalue weighted by atomic mass is 16.5. The Morgan fingerprint density at radius 3 is 2.78 bits per heavy atom. The summed E-state index contributed by atoms with van der Waals surface area (Å²) in [6.07, 6.45) is 1.38. The Bertz CT molecular complexity index is 1040. The van der Waals surface area contributed by atoms with Gasteiger partial charge in [0.15, 0.2) is 5.76 Å². The fourth-order valence-electron chi connectivity index (χ4n) is 3.07. The number of anilines is 1. The Kier molecular flexibility index (Phi) is 4.13. The molecule has 134 valence electrons. The van der Waals surface area contributed by atoms with E-state index in [9.17, 15) is 10.1 Å². The first kappa shape index (κ1) is 16.9. The van der Waals surface area contributed by atoms with Crippen molar-refractivity contribution in [2.45, 2.75) is 18.3 Å². The summed E-state index contributed by atoms with van der Waals surface area (Å²) in [7, 11) is 1.60. The van der Waals surface area contributed by atoms with Crippen LogP contribution >= 0.6 is 0 Å². The monoisotopic (exact) mass is 359 g/mol. The van der Waals surface area contributed by atoms with Gasteiger partial charge in [-0.15, -0.1) is 0 Å². The number of nitrogens with zero attached hydrogens (tertiary/aromatic N) is 2. The minimum atomic E-state index is -0.705. The number of nitriles is 1. The number of nitrogens with one attached hydrogen (secondary N) is 1. The standard InChI is InChI=1S/C21H17N3O3/c1-26-16-7-4-6-14(11-16)18-12-19(24-27-18)21(9-10-21)20(25)23-17-8-3-2-5-15(17)13-22/h2-8,11-12H,9-10H2,1H3,(H,23,25). The van der Waals surface area contributed by atoms with Crippen LogP contribution in [0.2, 0.25) is 0 Å². The zero-order valence-corrected chi connectivity index (χ0v) is 14.7. The number of para-hydroxylation sites is 1. The lowest BCUT2D eigenvalue weighted by molar-refractivity contribution is -0.118. The van der Waals surface area contributed by atoms with Crippen LogP contribution in [0.5, 0.6) is 5.75 Å². The molecule has 0 bridgehead atoms. The molecule has 1 heterocycles. The number of amides is 1. The molecule has 6 nitrogen and oxygen atoms in total. The van der Waals surface area contributed by atoms with Gasteiger partial charge < -0.3 is 14.6 Å². The van der Waals surface area contributed by atoms with Crippen LogP contribution in [0.15, 0.2) is 59.1 Å². The summed E-state index contributed by atoms with van der Waals surface area (Å²) in [4.78, 5) is 12.9. The van der Waals surface area contributed by atoms with Gasteiger partial charge in [0.2, 0.25) is 5.91 Å². The molecular weight excluding hydrogens is 342 g/mol. The van der Waals surface area contributed by atoms with E-state index in [4.69, 9.17) is 9.26 Å². The number of carbonyl (C=O) groups is 1. The molecule has 3 aromatic rings. The molecule has 4 rings (SSSR count). The van der Waals surface area contributed by atoms with Crippen molar-refractivity contribution < 1.29 is 14.1 Å². The second-order valence-corrected chi connectivity index (χ2v) is 6.50. The molecule has 0 aliphatic heterocycles. The van der Waals surface area contributed by atoms with Gasteiger partial charge in [-0.25, -0.2) is 0 Å². The molecule has 0 atom stereocenters. The van der Waals surface area contributed by atoms with Crippen molar-refractivity contribution in [3.05, 3.63) is 65.9 Å². The van der Waals surface area contributed by atoms with Crippen molar-refractivity contribution in [2.75, 3.05) is 12.4 Å². The first-order valence-electron chi connectivity index (χ1n) is 8.58. The molecule has 0 radical (unpaired) electrons. The van der Waals surface area contributed by atoms with E-state index < -0.39 is 5.41 Å². The fraction of sp³-hybridized carbons (Fsp3) is 0.190. The van der Waals surface area contributed by atoms with Crippen LogP contribution in [0.25, 0.3) is 11.3 Å². The lowest BCUT2D eigenvalue weighted by atomic mass is 10.00. The van der Waals surface area contributed by atoms with Gasteiger partial charge in [-0.2, -0.15) is 5.26 Å². The van der Waals surface area contributed by atoms with Crippen molar-refractivity contribution in [2.24, 2.45) is 0 Å². The first-order chi connectivity index (χ1) is 13.2. The Morgan fingerprint density at radius 1 is 1.22 bits per heavy atom. The maximum absolute atomic E-state index is 12.9. The highest BCUT2D eigenvalue weighted by Gasteiger charge is 2.54. The summed E-state index contributed by atoms with van der Waals surface area (Å²) >= 11 is 0. The van der Waals surface area contributed by atoms with Gasteiger partial charge in [-0.1, -0.05) is 29.4 Å². The van der Waals surface area contributed by atoms with Crippen molar-refractivity contribution in [3.63, 3.8) is 0 Å². The summed E-state index contributed by atoms with van der Waals surface area (Å²) in [6, 6.07) is 18.3. The minimum absolute atomic E-state index is 0.171. The van der Waals surface area contributed by atoms with Gasteiger partial charge in [0, 0.05) is 11.6 Å². The number of methoxy groups -OCH3 is 1. The second-order valence-electron chi connectivity index (χ2n) is 6.50. The number of aromatic nitrogens is 1. The number of hydrogen-bond donors (Lipinski definition) is 1. The Balaban J connectivity index is 1.59. The highest BCUT2D eigenvalue weighted by molar-refractivity contribution is 6.01. The first-order valence-corrected chi connectivity index (χ1v) is 8.58. The molecule has 1 amide bonds. The zero-order valence-electron chi connectivity index (χ0n) is 14.7. The molecule has 1 N–H and O–H groups in total. The molecule has 1 aromatic heterocycles. The van der Waals surface area contributed by atoms with Crippen LogP contribution in [0.1, 0.15) is 24.1 Å². The molecule has 0 saturated heterocycles. The minimum Gasteiger partial charge on any atom is -0.497 e. The van der Waals surface area contributed by atoms with Crippen LogP contribution in [-0.4, -0.2) is 18.2 Å². The molecule has 1 aliphatic carbocycles. The van der Waals surface area contributed by atoms with Crippen LogP contribution < -0.4 is 10.1 Å². The summed E-state index contributed by atoms with van der Waals surface area (Å²) in [5.74, 6) is 1.13. The summed E-state index contributed by atoms with van der Waals surface area (Å²) in [6.45, 7) is 0. The van der Waals surface area contributed by atoms with E-state index in [-0.39, 0.29) is 5.91 Å². The molecule has 6 heteroatoms. The van der Waals surface area contributed by atoms with Crippen molar-refractivity contribution in [3.8, 4) is 23.1 Å². The molecule has 0 spiro atoms. The third-order valence-corrected chi connectivity index (χ3v) is 4.84. The highest BCUT2D eigenvalue weighted by Crippen LogP contribution is 2.49. The van der Waals surface area contributed by atoms with E-state index >= 15 is 0 Å².